The summed E-state index contributed by atoms with van der Waals surface area (Å²) in [7, 11) is 0. The second kappa shape index (κ2) is 5.56. The predicted molar refractivity (Wildman–Crippen MR) is 78.6 cm³/mol. The molecule has 96 valence electrons. The van der Waals surface area contributed by atoms with Crippen LogP contribution in [-0.2, 0) is 4.79 Å². The minimum atomic E-state index is -0.925. The maximum absolute atomic E-state index is 12.4. The maximum Gasteiger partial charge on any atom is 0.326 e. The Labute approximate surface area is 127 Å². The molecule has 4 nitrogen and oxygen atoms in total. The lowest BCUT2D eigenvalue weighted by Crippen LogP contribution is -2.40. The minimum absolute atomic E-state index is 0.203. The summed E-state index contributed by atoms with van der Waals surface area (Å²) < 4.78 is 1.65. The minimum Gasteiger partial charge on any atom is -0.480 e. The van der Waals surface area contributed by atoms with Gasteiger partial charge in [-0.25, -0.2) is 4.79 Å². The van der Waals surface area contributed by atoms with Gasteiger partial charge in [-0.05, 0) is 53.6 Å². The normalized spacial score (nSPS) is 19.0. The van der Waals surface area contributed by atoms with Crippen LogP contribution in [0, 0.1) is 3.57 Å². The molecule has 0 aliphatic carbocycles. The zero-order valence-corrected chi connectivity index (χ0v) is 13.1. The van der Waals surface area contributed by atoms with Crippen molar-refractivity contribution in [2.24, 2.45) is 0 Å². The van der Waals surface area contributed by atoms with Crippen molar-refractivity contribution in [3.63, 3.8) is 0 Å². The van der Waals surface area contributed by atoms with Gasteiger partial charge in [-0.15, -0.1) is 0 Å². The number of carboxylic acid groups (broad SMARTS) is 1. The van der Waals surface area contributed by atoms with Crippen LogP contribution in [0.3, 0.4) is 0 Å². The van der Waals surface area contributed by atoms with Gasteiger partial charge < -0.3 is 10.0 Å². The summed E-state index contributed by atoms with van der Waals surface area (Å²) in [6, 6.07) is 4.75. The average molecular weight is 424 g/mol. The zero-order valence-electron chi connectivity index (χ0n) is 9.40. The fourth-order valence-corrected chi connectivity index (χ4v) is 3.01. The van der Waals surface area contributed by atoms with E-state index in [1.54, 1.807) is 6.07 Å². The fraction of sp³-hybridized carbons (Fsp3) is 0.333. The third kappa shape index (κ3) is 2.69. The van der Waals surface area contributed by atoms with E-state index in [-0.39, 0.29) is 5.91 Å². The summed E-state index contributed by atoms with van der Waals surface area (Å²) in [4.78, 5) is 24.9. The van der Waals surface area contributed by atoms with Crippen LogP contribution >= 0.6 is 38.5 Å². The van der Waals surface area contributed by atoms with Crippen LogP contribution in [0.15, 0.2) is 22.7 Å². The van der Waals surface area contributed by atoms with Crippen molar-refractivity contribution in [1.82, 2.24) is 4.90 Å². The van der Waals surface area contributed by atoms with Crippen molar-refractivity contribution in [3.8, 4) is 0 Å². The summed E-state index contributed by atoms with van der Waals surface area (Å²) in [5, 5.41) is 9.10. The highest BCUT2D eigenvalue weighted by molar-refractivity contribution is 14.1. The molecule has 1 atom stereocenters. The summed E-state index contributed by atoms with van der Waals surface area (Å²) in [6.45, 7) is 0.512. The van der Waals surface area contributed by atoms with E-state index >= 15 is 0 Å². The lowest BCUT2D eigenvalue weighted by atomic mass is 10.1. The molecule has 18 heavy (non-hydrogen) atoms. The monoisotopic (exact) mass is 423 g/mol. The molecule has 0 aromatic heterocycles. The SMILES string of the molecule is O=C(O)[C@H]1CCCN1C(=O)c1cc(Br)ccc1I. The van der Waals surface area contributed by atoms with Crippen molar-refractivity contribution in [1.29, 1.82) is 0 Å². The topological polar surface area (TPSA) is 57.6 Å². The molecule has 1 saturated heterocycles. The largest absolute Gasteiger partial charge is 0.480 e. The Hall–Kier alpha value is -0.630. The van der Waals surface area contributed by atoms with E-state index in [1.165, 1.54) is 4.90 Å². The molecule has 1 fully saturated rings. The van der Waals surface area contributed by atoms with E-state index in [2.05, 4.69) is 38.5 Å². The quantitative estimate of drug-likeness (QED) is 0.744. The van der Waals surface area contributed by atoms with Gasteiger partial charge in [-0.3, -0.25) is 4.79 Å². The molecule has 0 spiro atoms. The molecule has 2 rings (SSSR count). The first-order valence-corrected chi connectivity index (χ1v) is 7.36. The lowest BCUT2D eigenvalue weighted by Gasteiger charge is -2.22. The van der Waals surface area contributed by atoms with Gasteiger partial charge in [0.05, 0.1) is 5.56 Å². The van der Waals surface area contributed by atoms with Crippen molar-refractivity contribution in [2.45, 2.75) is 18.9 Å². The average Bonchev–Trinajstić information content (AvgIpc) is 2.80. The summed E-state index contributed by atoms with van der Waals surface area (Å²) in [5.41, 5.74) is 0.554. The fourth-order valence-electron chi connectivity index (χ4n) is 2.08. The molecular weight excluding hydrogens is 413 g/mol. The number of aliphatic carboxylic acids is 1. The van der Waals surface area contributed by atoms with E-state index in [1.807, 2.05) is 12.1 Å². The number of carbonyl (C=O) groups is 2. The second-order valence-corrected chi connectivity index (χ2v) is 6.20. The number of carbonyl (C=O) groups excluding carboxylic acids is 1. The van der Waals surface area contributed by atoms with Crippen LogP contribution in [-0.4, -0.2) is 34.5 Å². The molecule has 1 aliphatic heterocycles. The molecular formula is C12H11BrINO3. The van der Waals surface area contributed by atoms with Crippen molar-refractivity contribution < 1.29 is 14.7 Å². The highest BCUT2D eigenvalue weighted by Crippen LogP contribution is 2.24. The van der Waals surface area contributed by atoms with Crippen LogP contribution in [0.1, 0.15) is 23.2 Å². The molecule has 0 saturated carbocycles. The highest BCUT2D eigenvalue weighted by atomic mass is 127. The molecule has 0 bridgehead atoms. The predicted octanol–water partition coefficient (Wildman–Crippen LogP) is 2.74. The third-order valence-electron chi connectivity index (χ3n) is 2.96. The zero-order chi connectivity index (χ0) is 13.3. The highest BCUT2D eigenvalue weighted by Gasteiger charge is 2.34. The van der Waals surface area contributed by atoms with E-state index in [4.69, 9.17) is 5.11 Å². The van der Waals surface area contributed by atoms with Gasteiger partial charge in [0.15, 0.2) is 0 Å². The van der Waals surface area contributed by atoms with Crippen molar-refractivity contribution in [2.75, 3.05) is 6.54 Å². The molecule has 0 radical (unpaired) electrons. The van der Waals surface area contributed by atoms with Gasteiger partial charge in [0.25, 0.3) is 5.91 Å². The van der Waals surface area contributed by atoms with E-state index < -0.39 is 12.0 Å². The molecule has 1 N–H and O–H groups in total. The summed E-state index contributed by atoms with van der Waals surface area (Å²) in [5.74, 6) is -1.13. The number of hydrogen-bond donors (Lipinski definition) is 1. The second-order valence-electron chi connectivity index (χ2n) is 4.12. The van der Waals surface area contributed by atoms with Gasteiger partial charge in [0.2, 0.25) is 0 Å². The van der Waals surface area contributed by atoms with Gasteiger partial charge in [0, 0.05) is 14.6 Å². The molecule has 6 heteroatoms. The molecule has 1 aromatic rings. The van der Waals surface area contributed by atoms with Crippen LogP contribution in [0.25, 0.3) is 0 Å². The Kier molecular flexibility index (Phi) is 4.26. The van der Waals surface area contributed by atoms with Crippen LogP contribution in [0.5, 0.6) is 0 Å². The third-order valence-corrected chi connectivity index (χ3v) is 4.39. The number of amides is 1. The van der Waals surface area contributed by atoms with E-state index in [9.17, 15) is 9.59 Å². The Balaban J connectivity index is 2.31. The van der Waals surface area contributed by atoms with Crippen molar-refractivity contribution >= 4 is 50.4 Å². The van der Waals surface area contributed by atoms with Gasteiger partial charge in [-0.1, -0.05) is 15.9 Å². The van der Waals surface area contributed by atoms with Gasteiger partial charge in [-0.2, -0.15) is 0 Å². The number of nitrogens with zero attached hydrogens (tertiary/aromatic N) is 1. The number of likely N-dealkylation sites (tertiary alicyclic amines) is 1. The smallest absolute Gasteiger partial charge is 0.326 e. The lowest BCUT2D eigenvalue weighted by molar-refractivity contribution is -0.141. The van der Waals surface area contributed by atoms with Crippen LogP contribution in [0.2, 0.25) is 0 Å². The number of rotatable bonds is 2. The maximum atomic E-state index is 12.4. The summed E-state index contributed by atoms with van der Waals surface area (Å²) in [6.07, 6.45) is 1.28. The molecule has 1 heterocycles. The number of hydrogen-bond acceptors (Lipinski definition) is 2. The van der Waals surface area contributed by atoms with Crippen molar-refractivity contribution in [3.05, 3.63) is 31.8 Å². The number of benzene rings is 1. The first kappa shape index (κ1) is 13.8. The molecule has 1 aliphatic rings. The van der Waals surface area contributed by atoms with Gasteiger partial charge in [0.1, 0.15) is 6.04 Å². The van der Waals surface area contributed by atoms with E-state index in [0.717, 1.165) is 14.5 Å². The Morgan fingerprint density at radius 1 is 1.44 bits per heavy atom. The molecule has 1 aromatic carbocycles. The van der Waals surface area contributed by atoms with E-state index in [0.29, 0.717) is 18.5 Å². The van der Waals surface area contributed by atoms with Gasteiger partial charge >= 0.3 is 5.97 Å². The number of halogens is 2. The Morgan fingerprint density at radius 2 is 2.17 bits per heavy atom. The van der Waals surface area contributed by atoms with Crippen LogP contribution in [0.4, 0.5) is 0 Å². The Bertz CT molecular complexity index is 506. The standard InChI is InChI=1S/C12H11BrINO3/c13-7-3-4-9(14)8(6-7)11(16)15-5-1-2-10(15)12(17)18/h3-4,6,10H,1-2,5H2,(H,17,18)/t10-/m1/s1. The molecule has 0 unspecified atom stereocenters. The first-order chi connectivity index (χ1) is 8.50. The number of carboxylic acids is 1. The first-order valence-electron chi connectivity index (χ1n) is 5.49. The van der Waals surface area contributed by atoms with Crippen LogP contribution < -0.4 is 0 Å². The Morgan fingerprint density at radius 3 is 2.83 bits per heavy atom. The molecule has 1 amide bonds. The summed E-state index contributed by atoms with van der Waals surface area (Å²) >= 11 is 5.41.